The number of carbonyl (C=O) groups excluding carboxylic acids is 2. The van der Waals surface area contributed by atoms with Crippen LogP contribution < -0.4 is 16.4 Å². The van der Waals surface area contributed by atoms with Crippen molar-refractivity contribution in [2.75, 3.05) is 11.1 Å². The molecule has 2 amide bonds. The summed E-state index contributed by atoms with van der Waals surface area (Å²) in [5.41, 5.74) is 11.4. The number of nitrogen functional groups attached to an aromatic ring is 1. The topological polar surface area (TPSA) is 84.2 Å². The number of hydrogen-bond donors (Lipinski definition) is 3. The van der Waals surface area contributed by atoms with Crippen molar-refractivity contribution in [2.24, 2.45) is 0 Å². The highest BCUT2D eigenvalue weighted by molar-refractivity contribution is 6.10. The van der Waals surface area contributed by atoms with E-state index in [4.69, 9.17) is 5.73 Å². The van der Waals surface area contributed by atoms with Gasteiger partial charge in [-0.2, -0.15) is 0 Å². The fourth-order valence-electron chi connectivity index (χ4n) is 4.01. The minimum Gasteiger partial charge on any atom is -0.398 e. The smallest absolute Gasteiger partial charge is 0.252 e. The summed E-state index contributed by atoms with van der Waals surface area (Å²) in [6.07, 6.45) is 3.25. The molecule has 0 aliphatic carbocycles. The second-order valence-electron chi connectivity index (χ2n) is 7.58. The zero-order valence-corrected chi connectivity index (χ0v) is 17.4. The zero-order valence-electron chi connectivity index (χ0n) is 17.4. The number of fused-ring (bicyclic) bond motifs is 1. The number of amides is 2. The number of hydrogen-bond acceptors (Lipinski definition) is 3. The molecule has 1 atom stereocenters. The lowest BCUT2D eigenvalue weighted by Crippen LogP contribution is -2.40. The SMILES string of the molecule is CCC[C@@H]1NC(=O)c2ccccc2/C1=C/C(=O)Nc1ccccc1-c1ccccc1N. The molecule has 3 aromatic rings. The van der Waals surface area contributed by atoms with Gasteiger partial charge in [0.1, 0.15) is 0 Å². The average molecular weight is 412 g/mol. The Hall–Kier alpha value is -3.86. The predicted molar refractivity (Wildman–Crippen MR) is 126 cm³/mol. The third-order valence-corrected chi connectivity index (χ3v) is 5.46. The van der Waals surface area contributed by atoms with Crippen LogP contribution in [0.2, 0.25) is 0 Å². The summed E-state index contributed by atoms with van der Waals surface area (Å²) in [4.78, 5) is 25.5. The molecule has 0 fully saturated rings. The molecular formula is C26H25N3O2. The van der Waals surface area contributed by atoms with E-state index in [2.05, 4.69) is 17.6 Å². The van der Waals surface area contributed by atoms with E-state index >= 15 is 0 Å². The number of rotatable bonds is 5. The molecule has 0 saturated carbocycles. The van der Waals surface area contributed by atoms with Gasteiger partial charge < -0.3 is 16.4 Å². The quantitative estimate of drug-likeness (QED) is 0.414. The van der Waals surface area contributed by atoms with Gasteiger partial charge in [-0.15, -0.1) is 0 Å². The van der Waals surface area contributed by atoms with Gasteiger partial charge in [-0.25, -0.2) is 0 Å². The number of carbonyl (C=O) groups is 2. The lowest BCUT2D eigenvalue weighted by molar-refractivity contribution is -0.111. The first-order valence-corrected chi connectivity index (χ1v) is 10.4. The molecule has 5 heteroatoms. The molecule has 3 aromatic carbocycles. The predicted octanol–water partition coefficient (Wildman–Crippen LogP) is 4.87. The minimum atomic E-state index is -0.246. The second kappa shape index (κ2) is 8.88. The largest absolute Gasteiger partial charge is 0.398 e. The lowest BCUT2D eigenvalue weighted by Gasteiger charge is -2.28. The van der Waals surface area contributed by atoms with Gasteiger partial charge in [-0.3, -0.25) is 9.59 Å². The van der Waals surface area contributed by atoms with Crippen molar-refractivity contribution in [3.05, 3.63) is 90.0 Å². The molecule has 1 heterocycles. The second-order valence-corrected chi connectivity index (χ2v) is 7.58. The van der Waals surface area contributed by atoms with Gasteiger partial charge in [0.15, 0.2) is 0 Å². The minimum absolute atomic E-state index is 0.100. The van der Waals surface area contributed by atoms with Crippen molar-refractivity contribution < 1.29 is 9.59 Å². The summed E-state index contributed by atoms with van der Waals surface area (Å²) in [6, 6.07) is 22.4. The molecule has 0 aromatic heterocycles. The summed E-state index contributed by atoms with van der Waals surface area (Å²) in [5.74, 6) is -0.347. The summed E-state index contributed by atoms with van der Waals surface area (Å²) >= 11 is 0. The van der Waals surface area contributed by atoms with Crippen LogP contribution in [0.1, 0.15) is 35.7 Å². The first-order chi connectivity index (χ1) is 15.1. The number of nitrogens with one attached hydrogen (secondary N) is 2. The first-order valence-electron chi connectivity index (χ1n) is 10.4. The van der Waals surface area contributed by atoms with Crippen LogP contribution in [-0.4, -0.2) is 17.9 Å². The molecule has 4 N–H and O–H groups in total. The van der Waals surface area contributed by atoms with Crippen LogP contribution in [0, 0.1) is 0 Å². The molecule has 1 aliphatic rings. The Morgan fingerprint density at radius 2 is 1.55 bits per heavy atom. The molecule has 0 bridgehead atoms. The Morgan fingerprint density at radius 1 is 0.935 bits per heavy atom. The van der Waals surface area contributed by atoms with Crippen LogP contribution in [0.5, 0.6) is 0 Å². The third-order valence-electron chi connectivity index (χ3n) is 5.46. The normalized spacial score (nSPS) is 16.5. The van der Waals surface area contributed by atoms with Crippen molar-refractivity contribution in [3.63, 3.8) is 0 Å². The number of anilines is 2. The van der Waals surface area contributed by atoms with E-state index in [9.17, 15) is 9.59 Å². The van der Waals surface area contributed by atoms with E-state index < -0.39 is 0 Å². The van der Waals surface area contributed by atoms with Gasteiger partial charge in [0.2, 0.25) is 5.91 Å². The number of nitrogens with two attached hydrogens (primary N) is 1. The molecule has 0 radical (unpaired) electrons. The van der Waals surface area contributed by atoms with Gasteiger partial charge in [0.05, 0.1) is 6.04 Å². The monoisotopic (exact) mass is 411 g/mol. The fraction of sp³-hybridized carbons (Fsp3) is 0.154. The van der Waals surface area contributed by atoms with Crippen LogP contribution in [0.3, 0.4) is 0 Å². The summed E-state index contributed by atoms with van der Waals surface area (Å²) in [5, 5.41) is 6.04. The van der Waals surface area contributed by atoms with Gasteiger partial charge in [-0.05, 0) is 35.8 Å². The van der Waals surface area contributed by atoms with E-state index in [-0.39, 0.29) is 17.9 Å². The standard InChI is InChI=1S/C26H25N3O2/c1-2-9-23-21(17-10-3-4-13-20(17)26(31)29-23)16-25(30)28-24-15-8-6-12-19(24)18-11-5-7-14-22(18)27/h3-8,10-16,23H,2,9,27H2,1H3,(H,28,30)(H,29,31)/b21-16-/t23-/m0/s1. The van der Waals surface area contributed by atoms with E-state index in [0.29, 0.717) is 16.9 Å². The Balaban J connectivity index is 1.69. The number of benzene rings is 3. The summed E-state index contributed by atoms with van der Waals surface area (Å²) < 4.78 is 0. The van der Waals surface area contributed by atoms with E-state index in [1.807, 2.05) is 66.7 Å². The number of para-hydroxylation sites is 2. The molecule has 0 spiro atoms. The molecule has 0 saturated heterocycles. The Kier molecular flexibility index (Phi) is 5.85. The molecular weight excluding hydrogens is 386 g/mol. The Labute approximate surface area is 182 Å². The highest BCUT2D eigenvalue weighted by Crippen LogP contribution is 2.33. The van der Waals surface area contributed by atoms with Gasteiger partial charge in [0.25, 0.3) is 5.91 Å². The molecule has 31 heavy (non-hydrogen) atoms. The lowest BCUT2D eigenvalue weighted by atomic mass is 9.87. The van der Waals surface area contributed by atoms with Gasteiger partial charge >= 0.3 is 0 Å². The maximum absolute atomic E-state index is 13.1. The third kappa shape index (κ3) is 4.21. The average Bonchev–Trinajstić information content (AvgIpc) is 2.77. The zero-order chi connectivity index (χ0) is 21.8. The van der Waals surface area contributed by atoms with Crippen molar-refractivity contribution in [3.8, 4) is 11.1 Å². The first kappa shape index (κ1) is 20.4. The van der Waals surface area contributed by atoms with Crippen LogP contribution in [-0.2, 0) is 4.79 Å². The van der Waals surface area contributed by atoms with Crippen LogP contribution in [0.25, 0.3) is 16.7 Å². The Morgan fingerprint density at radius 3 is 2.26 bits per heavy atom. The van der Waals surface area contributed by atoms with Crippen molar-refractivity contribution in [1.29, 1.82) is 0 Å². The van der Waals surface area contributed by atoms with Crippen LogP contribution in [0.15, 0.2) is 78.9 Å². The molecule has 0 unspecified atom stereocenters. The van der Waals surface area contributed by atoms with Crippen molar-refractivity contribution in [1.82, 2.24) is 5.32 Å². The van der Waals surface area contributed by atoms with Gasteiger partial charge in [-0.1, -0.05) is 67.9 Å². The summed E-state index contributed by atoms with van der Waals surface area (Å²) in [6.45, 7) is 2.06. The Bertz CT molecular complexity index is 1170. The highest BCUT2D eigenvalue weighted by atomic mass is 16.2. The van der Waals surface area contributed by atoms with Crippen LogP contribution in [0.4, 0.5) is 11.4 Å². The van der Waals surface area contributed by atoms with Crippen molar-refractivity contribution in [2.45, 2.75) is 25.8 Å². The molecule has 1 aliphatic heterocycles. The molecule has 4 rings (SSSR count). The molecule has 156 valence electrons. The highest BCUT2D eigenvalue weighted by Gasteiger charge is 2.28. The van der Waals surface area contributed by atoms with E-state index in [1.54, 1.807) is 12.1 Å². The summed E-state index contributed by atoms with van der Waals surface area (Å²) in [7, 11) is 0. The maximum atomic E-state index is 13.1. The molecule has 5 nitrogen and oxygen atoms in total. The van der Waals surface area contributed by atoms with Crippen LogP contribution >= 0.6 is 0 Å². The fourth-order valence-corrected chi connectivity index (χ4v) is 4.01. The van der Waals surface area contributed by atoms with Gasteiger partial charge in [0, 0.05) is 34.1 Å². The van der Waals surface area contributed by atoms with E-state index in [1.165, 1.54) is 0 Å². The van der Waals surface area contributed by atoms with Crippen molar-refractivity contribution >= 4 is 28.8 Å². The van der Waals surface area contributed by atoms with E-state index in [0.717, 1.165) is 35.1 Å². The maximum Gasteiger partial charge on any atom is 0.252 e.